The third kappa shape index (κ3) is 23.6. The van der Waals surface area contributed by atoms with Gasteiger partial charge in [0.1, 0.15) is 0 Å². The van der Waals surface area contributed by atoms with Crippen LogP contribution in [0.25, 0.3) is 0 Å². The fraction of sp³-hybridized carbons (Fsp3) is 0.923. The average molecular weight is 414 g/mol. The molecular formula is C26H55NO2. The van der Waals surface area contributed by atoms with E-state index >= 15 is 0 Å². The number of hydrogen-bond donors (Lipinski definition) is 1. The fourth-order valence-corrected chi connectivity index (χ4v) is 3.93. The second kappa shape index (κ2) is 25.5. The molecule has 3 N–H and O–H groups in total. The molecule has 0 saturated heterocycles. The summed E-state index contributed by atoms with van der Waals surface area (Å²) >= 11 is 0. The standard InChI is InChI=1S/C25H51NO2.CH3/c1-3-4-5-6-7-8-9-10-11-12-13-14-15-16-17-18-19-20-21-22-23-24(26)25(27)28-2;/h24H,3-23,26H2,1-2H3;1H3/q;-1/p+1. The van der Waals surface area contributed by atoms with Crippen LogP contribution >= 0.6 is 0 Å². The number of hydrogen-bond acceptors (Lipinski definition) is 2. The zero-order valence-electron chi connectivity index (χ0n) is 20.5. The normalized spacial score (nSPS) is 11.8. The first kappa shape index (κ1) is 30.6. The third-order valence-electron chi connectivity index (χ3n) is 5.94. The van der Waals surface area contributed by atoms with Gasteiger partial charge < -0.3 is 17.9 Å². The number of unbranched alkanes of at least 4 members (excludes halogenated alkanes) is 19. The molecule has 0 aliphatic carbocycles. The van der Waals surface area contributed by atoms with Crippen LogP contribution in [-0.4, -0.2) is 19.1 Å². The Hall–Kier alpha value is -0.570. The Bertz CT molecular complexity index is 320. The van der Waals surface area contributed by atoms with Crippen molar-refractivity contribution in [1.82, 2.24) is 0 Å². The molecule has 0 amide bonds. The molecule has 0 aromatic carbocycles. The molecule has 0 radical (unpaired) electrons. The van der Waals surface area contributed by atoms with Crippen LogP contribution in [0.15, 0.2) is 0 Å². The maximum absolute atomic E-state index is 11.3. The van der Waals surface area contributed by atoms with Crippen molar-refractivity contribution in [2.45, 2.75) is 148 Å². The molecular weight excluding hydrogens is 358 g/mol. The second-order valence-corrected chi connectivity index (χ2v) is 8.73. The lowest BCUT2D eigenvalue weighted by Crippen LogP contribution is -2.65. The van der Waals surface area contributed by atoms with Crippen molar-refractivity contribution in [3.05, 3.63) is 7.43 Å². The van der Waals surface area contributed by atoms with Gasteiger partial charge in [-0.1, -0.05) is 129 Å². The molecule has 0 spiro atoms. The molecule has 29 heavy (non-hydrogen) atoms. The van der Waals surface area contributed by atoms with Gasteiger partial charge >= 0.3 is 5.97 Å². The van der Waals surface area contributed by atoms with Crippen molar-refractivity contribution < 1.29 is 15.3 Å². The molecule has 0 aliphatic rings. The molecule has 0 saturated carbocycles. The number of esters is 1. The van der Waals surface area contributed by atoms with Gasteiger partial charge in [-0.15, -0.1) is 0 Å². The van der Waals surface area contributed by atoms with E-state index < -0.39 is 0 Å². The predicted molar refractivity (Wildman–Crippen MR) is 128 cm³/mol. The maximum Gasteiger partial charge on any atom is 0.364 e. The van der Waals surface area contributed by atoms with E-state index in [1.54, 1.807) is 0 Å². The van der Waals surface area contributed by atoms with E-state index in [2.05, 4.69) is 12.7 Å². The smallest absolute Gasteiger partial charge is 0.364 e. The van der Waals surface area contributed by atoms with Crippen LogP contribution in [0.5, 0.6) is 0 Å². The Morgan fingerprint density at radius 2 is 0.897 bits per heavy atom. The Balaban J connectivity index is 0. The predicted octanol–water partition coefficient (Wildman–Crippen LogP) is 7.43. The number of quaternary nitrogens is 1. The van der Waals surface area contributed by atoms with E-state index in [0.717, 1.165) is 12.8 Å². The van der Waals surface area contributed by atoms with Gasteiger partial charge in [0.05, 0.1) is 7.11 Å². The van der Waals surface area contributed by atoms with Crippen molar-refractivity contribution in [3.8, 4) is 0 Å². The number of methoxy groups -OCH3 is 1. The highest BCUT2D eigenvalue weighted by atomic mass is 16.5. The van der Waals surface area contributed by atoms with Gasteiger partial charge in [-0.05, 0) is 6.42 Å². The number of ether oxygens (including phenoxy) is 1. The summed E-state index contributed by atoms with van der Waals surface area (Å²) in [6, 6.07) is -0.180. The molecule has 0 rings (SSSR count). The largest absolute Gasteiger partial charge is 0.465 e. The van der Waals surface area contributed by atoms with Gasteiger partial charge in [0.25, 0.3) is 0 Å². The summed E-state index contributed by atoms with van der Waals surface area (Å²) in [6.07, 6.45) is 28.8. The summed E-state index contributed by atoms with van der Waals surface area (Å²) in [6.45, 7) is 2.29. The lowest BCUT2D eigenvalue weighted by Gasteiger charge is -2.06. The van der Waals surface area contributed by atoms with Gasteiger partial charge in [-0.3, -0.25) is 0 Å². The topological polar surface area (TPSA) is 53.9 Å². The molecule has 3 nitrogen and oxygen atoms in total. The molecule has 0 heterocycles. The lowest BCUT2D eigenvalue weighted by atomic mass is 10.0. The number of carbonyl (C=O) groups is 1. The van der Waals surface area contributed by atoms with Crippen LogP contribution in [0, 0.1) is 7.43 Å². The molecule has 3 heteroatoms. The van der Waals surface area contributed by atoms with Crippen LogP contribution < -0.4 is 5.73 Å². The van der Waals surface area contributed by atoms with E-state index in [0.29, 0.717) is 0 Å². The molecule has 1 unspecified atom stereocenters. The minimum atomic E-state index is -0.180. The van der Waals surface area contributed by atoms with Gasteiger partial charge in [-0.2, -0.15) is 0 Å². The zero-order valence-corrected chi connectivity index (χ0v) is 20.5. The highest BCUT2D eigenvalue weighted by Crippen LogP contribution is 2.15. The first-order valence-corrected chi connectivity index (χ1v) is 12.6. The van der Waals surface area contributed by atoms with Crippen molar-refractivity contribution >= 4 is 5.97 Å². The number of rotatable bonds is 22. The maximum atomic E-state index is 11.3. The van der Waals surface area contributed by atoms with E-state index in [9.17, 15) is 4.79 Å². The molecule has 176 valence electrons. The van der Waals surface area contributed by atoms with Gasteiger partial charge in [0, 0.05) is 6.42 Å². The molecule has 0 fully saturated rings. The van der Waals surface area contributed by atoms with Crippen molar-refractivity contribution in [3.63, 3.8) is 0 Å². The van der Waals surface area contributed by atoms with Crippen molar-refractivity contribution in [1.29, 1.82) is 0 Å². The van der Waals surface area contributed by atoms with Crippen LogP contribution in [-0.2, 0) is 9.53 Å². The molecule has 1 atom stereocenters. The molecule has 0 aromatic heterocycles. The van der Waals surface area contributed by atoms with Crippen LogP contribution in [0.3, 0.4) is 0 Å². The minimum absolute atomic E-state index is 0. The SMILES string of the molecule is CCCCCCCCCCCCCCCCCCCCCCC([NH3+])C(=O)OC.[CH3-]. The molecule has 0 aliphatic heterocycles. The summed E-state index contributed by atoms with van der Waals surface area (Å²) in [4.78, 5) is 11.3. The summed E-state index contributed by atoms with van der Waals surface area (Å²) < 4.78 is 4.70. The monoisotopic (exact) mass is 413 g/mol. The minimum Gasteiger partial charge on any atom is -0.465 e. The fourth-order valence-electron chi connectivity index (χ4n) is 3.93. The first-order chi connectivity index (χ1) is 13.7. The Morgan fingerprint density at radius 3 is 1.17 bits per heavy atom. The van der Waals surface area contributed by atoms with Crippen molar-refractivity contribution in [2.24, 2.45) is 0 Å². The average Bonchev–Trinajstić information content (AvgIpc) is 2.71. The van der Waals surface area contributed by atoms with Crippen LogP contribution in [0.4, 0.5) is 0 Å². The Kier molecular flexibility index (Phi) is 26.9. The van der Waals surface area contributed by atoms with E-state index in [1.807, 2.05) is 0 Å². The molecule has 0 bridgehead atoms. The lowest BCUT2D eigenvalue weighted by molar-refractivity contribution is -0.409. The zero-order chi connectivity index (χ0) is 20.7. The summed E-state index contributed by atoms with van der Waals surface area (Å²) in [5.41, 5.74) is 3.85. The van der Waals surface area contributed by atoms with E-state index in [-0.39, 0.29) is 19.4 Å². The van der Waals surface area contributed by atoms with E-state index in [1.165, 1.54) is 129 Å². The highest BCUT2D eigenvalue weighted by molar-refractivity contribution is 5.73. The summed E-state index contributed by atoms with van der Waals surface area (Å²) in [5.74, 6) is -0.169. The Labute approximate surface area is 183 Å². The van der Waals surface area contributed by atoms with Crippen LogP contribution in [0.2, 0.25) is 0 Å². The molecule has 0 aromatic rings. The van der Waals surface area contributed by atoms with Gasteiger partial charge in [0.2, 0.25) is 0 Å². The second-order valence-electron chi connectivity index (χ2n) is 8.73. The number of carbonyl (C=O) groups excluding carboxylic acids is 1. The highest BCUT2D eigenvalue weighted by Gasteiger charge is 2.16. The third-order valence-corrected chi connectivity index (χ3v) is 5.94. The van der Waals surface area contributed by atoms with Crippen molar-refractivity contribution in [2.75, 3.05) is 7.11 Å². The van der Waals surface area contributed by atoms with Gasteiger partial charge in [-0.25, -0.2) is 4.79 Å². The van der Waals surface area contributed by atoms with Gasteiger partial charge in [0.15, 0.2) is 6.04 Å². The first-order valence-electron chi connectivity index (χ1n) is 12.6. The summed E-state index contributed by atoms with van der Waals surface area (Å²) in [5, 5.41) is 0. The van der Waals surface area contributed by atoms with Crippen LogP contribution in [0.1, 0.15) is 142 Å². The quantitative estimate of drug-likeness (QED) is 0.114. The Morgan fingerprint density at radius 1 is 0.621 bits per heavy atom. The van der Waals surface area contributed by atoms with E-state index in [4.69, 9.17) is 4.74 Å². The summed E-state index contributed by atoms with van der Waals surface area (Å²) in [7, 11) is 1.44.